The first-order chi connectivity index (χ1) is 9.97. The van der Waals surface area contributed by atoms with Crippen molar-refractivity contribution in [1.29, 1.82) is 0 Å². The Balaban J connectivity index is 2.05. The molecule has 0 saturated heterocycles. The van der Waals surface area contributed by atoms with Gasteiger partial charge in [-0.2, -0.15) is 0 Å². The Labute approximate surface area is 131 Å². The normalized spacial score (nSPS) is 10.4. The smallest absolute Gasteiger partial charge is 0.339 e. The number of nitrogens with two attached hydrogens (primary N) is 1. The molecule has 0 bridgehead atoms. The number of nitrogens with zero attached hydrogens (tertiary/aromatic N) is 1. The number of halogens is 2. The molecule has 0 aliphatic rings. The van der Waals surface area contributed by atoms with Crippen LogP contribution in [0.25, 0.3) is 0 Å². The molecule has 2 aromatic rings. The topological polar surface area (TPSA) is 88.2 Å². The van der Waals surface area contributed by atoms with Gasteiger partial charge < -0.3 is 16.2 Å². The monoisotopic (exact) mass is 325 g/mol. The lowest BCUT2D eigenvalue weighted by atomic mass is 10.1. The first-order valence-corrected chi connectivity index (χ1v) is 6.89. The summed E-state index contributed by atoms with van der Waals surface area (Å²) in [6.45, 7) is 0.485. The maximum Gasteiger partial charge on any atom is 0.339 e. The zero-order chi connectivity index (χ0) is 15.4. The number of hydrogen-bond donors (Lipinski definition) is 3. The number of carbonyl (C=O) groups is 1. The second-order valence-corrected chi connectivity index (χ2v) is 5.23. The van der Waals surface area contributed by atoms with Crippen LogP contribution in [0.4, 0.5) is 11.5 Å². The van der Waals surface area contributed by atoms with E-state index in [0.717, 1.165) is 5.56 Å². The Morgan fingerprint density at radius 3 is 2.76 bits per heavy atom. The number of hydrogen-bond acceptors (Lipinski definition) is 4. The molecule has 1 aromatic carbocycles. The van der Waals surface area contributed by atoms with Gasteiger partial charge in [0, 0.05) is 16.6 Å². The van der Waals surface area contributed by atoms with Gasteiger partial charge in [-0.1, -0.05) is 29.3 Å². The number of nitrogen functional groups attached to an aromatic ring is 1. The zero-order valence-electron chi connectivity index (χ0n) is 10.9. The Hall–Kier alpha value is -1.98. The highest BCUT2D eigenvalue weighted by Gasteiger charge is 2.11. The number of pyridine rings is 1. The molecule has 110 valence electrons. The summed E-state index contributed by atoms with van der Waals surface area (Å²) in [5.74, 6) is -0.802. The molecule has 1 aromatic heterocycles. The molecule has 0 fully saturated rings. The minimum absolute atomic E-state index is 0.0391. The van der Waals surface area contributed by atoms with Gasteiger partial charge in [0.2, 0.25) is 0 Å². The summed E-state index contributed by atoms with van der Waals surface area (Å²) in [5.41, 5.74) is 6.80. The van der Waals surface area contributed by atoms with E-state index in [1.54, 1.807) is 12.1 Å². The van der Waals surface area contributed by atoms with E-state index in [1.807, 2.05) is 6.07 Å². The van der Waals surface area contributed by atoms with Gasteiger partial charge in [-0.25, -0.2) is 9.78 Å². The highest BCUT2D eigenvalue weighted by Crippen LogP contribution is 2.22. The molecule has 0 spiro atoms. The first-order valence-electron chi connectivity index (χ1n) is 6.14. The Morgan fingerprint density at radius 2 is 2.10 bits per heavy atom. The lowest BCUT2D eigenvalue weighted by molar-refractivity contribution is 0.0697. The quantitative estimate of drug-likeness (QED) is 0.784. The molecule has 0 aliphatic carbocycles. The number of carboxylic acids is 1. The van der Waals surface area contributed by atoms with E-state index in [1.165, 1.54) is 12.3 Å². The van der Waals surface area contributed by atoms with Crippen molar-refractivity contribution in [2.24, 2.45) is 0 Å². The van der Waals surface area contributed by atoms with Crippen molar-refractivity contribution in [1.82, 2.24) is 4.98 Å². The SMILES string of the molecule is Nc1cnc(NCCc2ccc(Cl)cc2Cl)c(C(=O)O)c1. The maximum absolute atomic E-state index is 11.1. The molecule has 5 nitrogen and oxygen atoms in total. The van der Waals surface area contributed by atoms with Gasteiger partial charge in [0.05, 0.1) is 11.9 Å². The minimum Gasteiger partial charge on any atom is -0.478 e. The summed E-state index contributed by atoms with van der Waals surface area (Å²) in [7, 11) is 0. The number of carboxylic acid groups (broad SMARTS) is 1. The zero-order valence-corrected chi connectivity index (χ0v) is 12.4. The summed E-state index contributed by atoms with van der Waals surface area (Å²) in [4.78, 5) is 15.1. The summed E-state index contributed by atoms with van der Waals surface area (Å²) in [6, 6.07) is 6.63. The van der Waals surface area contributed by atoms with Gasteiger partial charge in [0.25, 0.3) is 0 Å². The fourth-order valence-electron chi connectivity index (χ4n) is 1.82. The van der Waals surface area contributed by atoms with Gasteiger partial charge in [-0.05, 0) is 30.2 Å². The second-order valence-electron chi connectivity index (χ2n) is 4.38. The van der Waals surface area contributed by atoms with Crippen molar-refractivity contribution >= 4 is 40.7 Å². The highest BCUT2D eigenvalue weighted by molar-refractivity contribution is 6.35. The third-order valence-electron chi connectivity index (χ3n) is 2.84. The van der Waals surface area contributed by atoms with Gasteiger partial charge in [-0.15, -0.1) is 0 Å². The molecule has 0 radical (unpaired) electrons. The molecule has 0 aliphatic heterocycles. The molecular formula is C14H13Cl2N3O2. The van der Waals surface area contributed by atoms with Crippen LogP contribution in [0.2, 0.25) is 10.0 Å². The van der Waals surface area contributed by atoms with Crippen LogP contribution in [0, 0.1) is 0 Å². The number of rotatable bonds is 5. The van der Waals surface area contributed by atoms with Gasteiger partial charge in [-0.3, -0.25) is 0 Å². The van der Waals surface area contributed by atoms with Crippen molar-refractivity contribution in [3.8, 4) is 0 Å². The van der Waals surface area contributed by atoms with Gasteiger partial charge >= 0.3 is 5.97 Å². The lowest BCUT2D eigenvalue weighted by Gasteiger charge is -2.10. The van der Waals surface area contributed by atoms with E-state index >= 15 is 0 Å². The van der Waals surface area contributed by atoms with Crippen LogP contribution in [0.1, 0.15) is 15.9 Å². The van der Waals surface area contributed by atoms with E-state index in [0.29, 0.717) is 28.7 Å². The minimum atomic E-state index is -1.08. The van der Waals surface area contributed by atoms with E-state index in [9.17, 15) is 4.79 Å². The van der Waals surface area contributed by atoms with Crippen LogP contribution in [-0.2, 0) is 6.42 Å². The number of anilines is 2. The molecule has 0 atom stereocenters. The molecule has 4 N–H and O–H groups in total. The third kappa shape index (κ3) is 4.00. The fraction of sp³-hybridized carbons (Fsp3) is 0.143. The van der Waals surface area contributed by atoms with Gasteiger partial charge in [0.15, 0.2) is 0 Å². The lowest BCUT2D eigenvalue weighted by Crippen LogP contribution is -2.12. The van der Waals surface area contributed by atoms with Gasteiger partial charge in [0.1, 0.15) is 11.4 Å². The number of benzene rings is 1. The number of aromatic nitrogens is 1. The van der Waals surface area contributed by atoms with Crippen LogP contribution in [0.5, 0.6) is 0 Å². The molecule has 7 heteroatoms. The van der Waals surface area contributed by atoms with Crippen molar-refractivity contribution in [3.05, 3.63) is 51.6 Å². The van der Waals surface area contributed by atoms with E-state index in [4.69, 9.17) is 34.0 Å². The predicted molar refractivity (Wildman–Crippen MR) is 84.3 cm³/mol. The Kier molecular flexibility index (Phi) is 4.88. The summed E-state index contributed by atoms with van der Waals surface area (Å²) >= 11 is 11.9. The molecule has 0 amide bonds. The maximum atomic E-state index is 11.1. The van der Waals surface area contributed by atoms with E-state index in [-0.39, 0.29) is 11.4 Å². The molecule has 2 rings (SSSR count). The molecule has 21 heavy (non-hydrogen) atoms. The largest absolute Gasteiger partial charge is 0.478 e. The third-order valence-corrected chi connectivity index (χ3v) is 3.43. The molecule has 0 saturated carbocycles. The molecular weight excluding hydrogens is 313 g/mol. The fourth-order valence-corrected chi connectivity index (χ4v) is 2.33. The average Bonchev–Trinajstić information content (AvgIpc) is 2.42. The van der Waals surface area contributed by atoms with Crippen LogP contribution >= 0.6 is 23.2 Å². The summed E-state index contributed by atoms with van der Waals surface area (Å²) < 4.78 is 0. The second kappa shape index (κ2) is 6.65. The van der Waals surface area contributed by atoms with Crippen molar-refractivity contribution in [2.75, 3.05) is 17.6 Å². The van der Waals surface area contributed by atoms with Crippen LogP contribution in [-0.4, -0.2) is 22.6 Å². The standard InChI is InChI=1S/C14H13Cl2N3O2/c15-9-2-1-8(12(16)5-9)3-4-18-13-11(14(20)21)6-10(17)7-19-13/h1-2,5-7H,3-4,17H2,(H,18,19)(H,20,21). The highest BCUT2D eigenvalue weighted by atomic mass is 35.5. The molecule has 1 heterocycles. The first kappa shape index (κ1) is 15.4. The molecule has 0 unspecified atom stereocenters. The van der Waals surface area contributed by atoms with Crippen molar-refractivity contribution < 1.29 is 9.90 Å². The van der Waals surface area contributed by atoms with Crippen LogP contribution in [0.15, 0.2) is 30.5 Å². The Bertz CT molecular complexity index is 677. The number of aromatic carboxylic acids is 1. The number of nitrogens with one attached hydrogen (secondary N) is 1. The Morgan fingerprint density at radius 1 is 1.33 bits per heavy atom. The van der Waals surface area contributed by atoms with Crippen molar-refractivity contribution in [2.45, 2.75) is 6.42 Å². The predicted octanol–water partition coefficient (Wildman–Crippen LogP) is 3.32. The van der Waals surface area contributed by atoms with Crippen molar-refractivity contribution in [3.63, 3.8) is 0 Å². The summed E-state index contributed by atoms with van der Waals surface area (Å²) in [6.07, 6.45) is 2.02. The summed E-state index contributed by atoms with van der Waals surface area (Å²) in [5, 5.41) is 13.2. The van der Waals surface area contributed by atoms with E-state index < -0.39 is 5.97 Å². The van der Waals surface area contributed by atoms with Crippen LogP contribution < -0.4 is 11.1 Å². The average molecular weight is 326 g/mol. The van der Waals surface area contributed by atoms with E-state index in [2.05, 4.69) is 10.3 Å². The van der Waals surface area contributed by atoms with Crippen LogP contribution in [0.3, 0.4) is 0 Å².